The SMILES string of the molecule is CCCCOP(=S)(CN(CCC)CCC)OCCCC. The zero-order valence-corrected chi connectivity index (χ0v) is 15.6. The molecule has 0 N–H and O–H groups in total. The molecule has 0 fully saturated rings. The van der Waals surface area contributed by atoms with E-state index in [1.807, 2.05) is 0 Å². The van der Waals surface area contributed by atoms with Gasteiger partial charge in [0.1, 0.15) is 0 Å². The van der Waals surface area contributed by atoms with Crippen molar-refractivity contribution in [1.29, 1.82) is 0 Å². The summed E-state index contributed by atoms with van der Waals surface area (Å²) in [5, 5.41) is 0. The maximum atomic E-state index is 6.00. The molecule has 0 heterocycles. The summed E-state index contributed by atoms with van der Waals surface area (Å²) in [4.78, 5) is 2.42. The Hall–Kier alpha value is 0.530. The summed E-state index contributed by atoms with van der Waals surface area (Å²) < 4.78 is 12.0. The molecule has 5 heteroatoms. The van der Waals surface area contributed by atoms with Crippen molar-refractivity contribution in [3.63, 3.8) is 0 Å². The molecule has 20 heavy (non-hydrogen) atoms. The lowest BCUT2D eigenvalue weighted by Gasteiger charge is -2.29. The summed E-state index contributed by atoms with van der Waals surface area (Å²) in [6.07, 6.45) is 7.51. The molecule has 0 aromatic heterocycles. The van der Waals surface area contributed by atoms with Crippen LogP contribution in [0.1, 0.15) is 66.2 Å². The zero-order chi connectivity index (χ0) is 15.3. The van der Waals surface area contributed by atoms with Crippen LogP contribution in [0.2, 0.25) is 0 Å². The predicted molar refractivity (Wildman–Crippen MR) is 93.0 cm³/mol. The minimum atomic E-state index is -2.14. The molecule has 0 unspecified atom stereocenters. The molecule has 0 aromatic rings. The second-order valence-electron chi connectivity index (χ2n) is 5.24. The number of hydrogen-bond acceptors (Lipinski definition) is 4. The van der Waals surface area contributed by atoms with E-state index < -0.39 is 6.49 Å². The molecule has 0 aliphatic heterocycles. The van der Waals surface area contributed by atoms with Crippen molar-refractivity contribution in [2.45, 2.75) is 66.2 Å². The van der Waals surface area contributed by atoms with Gasteiger partial charge in [0.05, 0.1) is 19.5 Å². The maximum Gasteiger partial charge on any atom is 0.202 e. The van der Waals surface area contributed by atoms with Gasteiger partial charge < -0.3 is 9.05 Å². The Kier molecular flexibility index (Phi) is 13.6. The second kappa shape index (κ2) is 13.2. The Morgan fingerprint density at radius 2 is 1.25 bits per heavy atom. The Morgan fingerprint density at radius 3 is 1.60 bits per heavy atom. The third-order valence-corrected chi connectivity index (χ3v) is 5.90. The highest BCUT2D eigenvalue weighted by molar-refractivity contribution is 8.09. The first-order valence-corrected chi connectivity index (χ1v) is 11.0. The van der Waals surface area contributed by atoms with Crippen LogP contribution in [0.5, 0.6) is 0 Å². The van der Waals surface area contributed by atoms with Gasteiger partial charge in [-0.1, -0.05) is 40.5 Å². The number of rotatable bonds is 14. The van der Waals surface area contributed by atoms with E-state index in [9.17, 15) is 0 Å². The molecule has 0 aliphatic carbocycles. The lowest BCUT2D eigenvalue weighted by Crippen LogP contribution is -2.27. The average Bonchev–Trinajstić information content (AvgIpc) is 2.40. The topological polar surface area (TPSA) is 21.7 Å². The van der Waals surface area contributed by atoms with Crippen LogP contribution < -0.4 is 0 Å². The van der Waals surface area contributed by atoms with Crippen molar-refractivity contribution in [3.8, 4) is 0 Å². The summed E-state index contributed by atoms with van der Waals surface area (Å²) in [7, 11) is 0. The normalized spacial score (nSPS) is 12.2. The van der Waals surface area contributed by atoms with Crippen molar-refractivity contribution in [2.75, 3.05) is 32.6 Å². The number of nitrogens with zero attached hydrogens (tertiary/aromatic N) is 1. The minimum Gasteiger partial charge on any atom is -0.328 e. The minimum absolute atomic E-state index is 0.742. The van der Waals surface area contributed by atoms with Crippen molar-refractivity contribution >= 4 is 18.3 Å². The molecule has 0 aromatic carbocycles. The van der Waals surface area contributed by atoms with E-state index in [-0.39, 0.29) is 0 Å². The van der Waals surface area contributed by atoms with Gasteiger partial charge in [-0.05, 0) is 50.6 Å². The van der Waals surface area contributed by atoms with Gasteiger partial charge in [-0.25, -0.2) is 0 Å². The van der Waals surface area contributed by atoms with Crippen LogP contribution in [0.4, 0.5) is 0 Å². The van der Waals surface area contributed by atoms with Gasteiger partial charge in [-0.15, -0.1) is 0 Å². The number of hydrogen-bond donors (Lipinski definition) is 0. The van der Waals surface area contributed by atoms with Gasteiger partial charge in [0.15, 0.2) is 0 Å². The Labute approximate surface area is 131 Å². The van der Waals surface area contributed by atoms with E-state index in [0.717, 1.165) is 71.1 Å². The molecule has 3 nitrogen and oxygen atoms in total. The monoisotopic (exact) mass is 323 g/mol. The molecule has 0 saturated heterocycles. The largest absolute Gasteiger partial charge is 0.328 e. The molecular weight excluding hydrogens is 289 g/mol. The smallest absolute Gasteiger partial charge is 0.202 e. The fraction of sp³-hybridized carbons (Fsp3) is 1.00. The molecule has 0 rings (SSSR count). The fourth-order valence-electron chi connectivity index (χ4n) is 1.95. The van der Waals surface area contributed by atoms with Crippen LogP contribution in [0.25, 0.3) is 0 Å². The average molecular weight is 323 g/mol. The second-order valence-corrected chi connectivity index (χ2v) is 8.93. The molecule has 0 saturated carbocycles. The van der Waals surface area contributed by atoms with Crippen LogP contribution in [0.15, 0.2) is 0 Å². The van der Waals surface area contributed by atoms with E-state index in [1.54, 1.807) is 0 Å². The first kappa shape index (κ1) is 20.5. The van der Waals surface area contributed by atoms with Crippen LogP contribution in [-0.2, 0) is 20.9 Å². The third kappa shape index (κ3) is 10.3. The van der Waals surface area contributed by atoms with E-state index in [4.69, 9.17) is 20.9 Å². The van der Waals surface area contributed by atoms with Crippen molar-refractivity contribution in [2.24, 2.45) is 0 Å². The first-order chi connectivity index (χ1) is 9.61. The van der Waals surface area contributed by atoms with Gasteiger partial charge in [0, 0.05) is 0 Å². The maximum absolute atomic E-state index is 6.00. The van der Waals surface area contributed by atoms with Gasteiger partial charge >= 0.3 is 0 Å². The van der Waals surface area contributed by atoms with Gasteiger partial charge in [-0.3, -0.25) is 4.90 Å². The van der Waals surface area contributed by atoms with Gasteiger partial charge in [-0.2, -0.15) is 0 Å². The first-order valence-electron chi connectivity index (χ1n) is 8.22. The highest BCUT2D eigenvalue weighted by Crippen LogP contribution is 2.49. The quantitative estimate of drug-likeness (QED) is 0.331. The van der Waals surface area contributed by atoms with Crippen LogP contribution >= 0.6 is 6.49 Å². The van der Waals surface area contributed by atoms with Crippen molar-refractivity contribution < 1.29 is 9.05 Å². The van der Waals surface area contributed by atoms with Gasteiger partial charge in [0.2, 0.25) is 6.49 Å². The Morgan fingerprint density at radius 1 is 0.800 bits per heavy atom. The molecule has 0 aliphatic rings. The molecule has 0 radical (unpaired) electrons. The summed E-state index contributed by atoms with van der Waals surface area (Å²) >= 11 is 5.76. The summed E-state index contributed by atoms with van der Waals surface area (Å²) in [5.41, 5.74) is 0. The predicted octanol–water partition coefficient (Wildman–Crippen LogP) is 5.01. The lowest BCUT2D eigenvalue weighted by molar-refractivity contribution is 0.217. The summed E-state index contributed by atoms with van der Waals surface area (Å²) in [5.74, 6) is 0. The van der Waals surface area contributed by atoms with Crippen molar-refractivity contribution in [1.82, 2.24) is 4.90 Å². The molecular formula is C15H34NO2PS. The highest BCUT2D eigenvalue weighted by atomic mass is 32.5. The molecule has 0 bridgehead atoms. The molecule has 0 spiro atoms. The van der Waals surface area contributed by atoms with Crippen LogP contribution in [0.3, 0.4) is 0 Å². The van der Waals surface area contributed by atoms with Crippen molar-refractivity contribution in [3.05, 3.63) is 0 Å². The Balaban J connectivity index is 4.48. The van der Waals surface area contributed by atoms with E-state index in [2.05, 4.69) is 32.6 Å². The standard InChI is InChI=1S/C15H34NO2PS/c1-5-9-13-17-19(20,18-14-10-6-2)15-16(11-7-3)12-8-4/h5-15H2,1-4H3. The third-order valence-electron chi connectivity index (χ3n) is 3.02. The zero-order valence-electron chi connectivity index (χ0n) is 13.9. The molecule has 0 amide bonds. The summed E-state index contributed by atoms with van der Waals surface area (Å²) in [6.45, 7) is 10.3. The van der Waals surface area contributed by atoms with E-state index >= 15 is 0 Å². The Bertz CT molecular complexity index is 244. The lowest BCUT2D eigenvalue weighted by atomic mass is 10.4. The molecule has 122 valence electrons. The molecule has 0 atom stereocenters. The van der Waals surface area contributed by atoms with Crippen LogP contribution in [0, 0.1) is 0 Å². The highest BCUT2D eigenvalue weighted by Gasteiger charge is 2.22. The number of unbranched alkanes of at least 4 members (excludes halogenated alkanes) is 2. The fourth-order valence-corrected chi connectivity index (χ4v) is 4.71. The summed E-state index contributed by atoms with van der Waals surface area (Å²) in [6, 6.07) is 0. The van der Waals surface area contributed by atoms with E-state index in [0.29, 0.717) is 0 Å². The van der Waals surface area contributed by atoms with Gasteiger partial charge in [0.25, 0.3) is 0 Å². The van der Waals surface area contributed by atoms with E-state index in [1.165, 1.54) is 0 Å². The van der Waals surface area contributed by atoms with Crippen LogP contribution in [-0.4, -0.2) is 37.5 Å².